The Balaban J connectivity index is 2.70. The molecule has 0 saturated carbocycles. The Morgan fingerprint density at radius 2 is 1.58 bits per heavy atom. The number of aliphatic hydroxyl groups excluding tert-OH is 1. The van der Waals surface area contributed by atoms with Crippen molar-refractivity contribution in [3.05, 3.63) is 58.7 Å². The minimum absolute atomic E-state index is 0.0167. The highest BCUT2D eigenvalue weighted by Crippen LogP contribution is 2.47. The second-order valence-electron chi connectivity index (χ2n) is 8.18. The summed E-state index contributed by atoms with van der Waals surface area (Å²) in [6.07, 6.45) is -11.1. The maximum absolute atomic E-state index is 13.1. The SMILES string of the molecule is Cc1cc(C(C(F)(F)F)C(F)(F)F)ccc1-c1cccc(C(N)=O)c1C(=O)NC(C)(C)CO. The molecule has 180 valence electrons. The standard InChI is InChI=1S/C22H22F6N2O3/c1-11-9-12(17(21(23,24)25)22(26,27)28)7-8-13(11)14-5-4-6-15(18(29)32)16(14)19(33)30-20(2,3)10-31/h4-9,17,31H,10H2,1-3H3,(H2,29,32)(H,30,33). The number of rotatable bonds is 6. The second-order valence-corrected chi connectivity index (χ2v) is 8.18. The van der Waals surface area contributed by atoms with E-state index in [2.05, 4.69) is 5.32 Å². The van der Waals surface area contributed by atoms with Crippen LogP contribution in [-0.4, -0.2) is 41.4 Å². The molecular formula is C22H22F6N2O3. The van der Waals surface area contributed by atoms with Gasteiger partial charge in [0.2, 0.25) is 5.91 Å². The van der Waals surface area contributed by atoms with Crippen LogP contribution in [0.1, 0.15) is 51.6 Å². The number of carbonyl (C=O) groups excluding carboxylic acids is 2. The van der Waals surface area contributed by atoms with Crippen molar-refractivity contribution >= 4 is 11.8 Å². The Bertz CT molecular complexity index is 1050. The van der Waals surface area contributed by atoms with Crippen LogP contribution < -0.4 is 11.1 Å². The average Bonchev–Trinajstić information content (AvgIpc) is 2.65. The summed E-state index contributed by atoms with van der Waals surface area (Å²) in [7, 11) is 0. The summed E-state index contributed by atoms with van der Waals surface area (Å²) < 4.78 is 78.7. The molecule has 2 aromatic rings. The minimum Gasteiger partial charge on any atom is -0.394 e. The van der Waals surface area contributed by atoms with Gasteiger partial charge in [-0.1, -0.05) is 30.3 Å². The van der Waals surface area contributed by atoms with Crippen LogP contribution >= 0.6 is 0 Å². The summed E-state index contributed by atoms with van der Waals surface area (Å²) in [6, 6.07) is 6.50. The monoisotopic (exact) mass is 476 g/mol. The third kappa shape index (κ3) is 5.84. The van der Waals surface area contributed by atoms with Crippen molar-refractivity contribution < 1.29 is 41.0 Å². The quantitative estimate of drug-likeness (QED) is 0.538. The van der Waals surface area contributed by atoms with E-state index in [1.807, 2.05) is 0 Å². The first-order chi connectivity index (χ1) is 15.0. The molecule has 0 spiro atoms. The number of nitrogens with two attached hydrogens (primary N) is 1. The van der Waals surface area contributed by atoms with Crippen LogP contribution in [0.15, 0.2) is 36.4 Å². The number of aliphatic hydroxyl groups is 1. The number of nitrogens with one attached hydrogen (secondary N) is 1. The lowest BCUT2D eigenvalue weighted by molar-refractivity contribution is -0.253. The van der Waals surface area contributed by atoms with E-state index in [9.17, 15) is 41.0 Å². The molecule has 0 radical (unpaired) electrons. The lowest BCUT2D eigenvalue weighted by Gasteiger charge is -2.26. The molecule has 0 aliphatic carbocycles. The van der Waals surface area contributed by atoms with Gasteiger partial charge in [0, 0.05) is 0 Å². The van der Waals surface area contributed by atoms with E-state index in [-0.39, 0.29) is 27.8 Å². The highest BCUT2D eigenvalue weighted by Gasteiger charge is 2.57. The zero-order chi connectivity index (χ0) is 25.4. The third-order valence-electron chi connectivity index (χ3n) is 4.93. The summed E-state index contributed by atoms with van der Waals surface area (Å²) >= 11 is 0. The Kier molecular flexibility index (Phi) is 7.18. The maximum Gasteiger partial charge on any atom is 0.404 e. The van der Waals surface area contributed by atoms with Crippen molar-refractivity contribution in [3.63, 3.8) is 0 Å². The third-order valence-corrected chi connectivity index (χ3v) is 4.93. The molecule has 0 atom stereocenters. The first-order valence-corrected chi connectivity index (χ1v) is 9.60. The van der Waals surface area contributed by atoms with Gasteiger partial charge in [-0.3, -0.25) is 9.59 Å². The number of halogens is 6. The van der Waals surface area contributed by atoms with Crippen LogP contribution in [0.25, 0.3) is 11.1 Å². The molecule has 33 heavy (non-hydrogen) atoms. The fourth-order valence-electron chi connectivity index (χ4n) is 3.37. The highest BCUT2D eigenvalue weighted by molar-refractivity contribution is 6.11. The van der Waals surface area contributed by atoms with Crippen LogP contribution in [0, 0.1) is 6.92 Å². The van der Waals surface area contributed by atoms with Gasteiger partial charge in [0.1, 0.15) is 0 Å². The van der Waals surface area contributed by atoms with Crippen molar-refractivity contribution in [2.75, 3.05) is 6.61 Å². The molecule has 0 aliphatic heterocycles. The van der Waals surface area contributed by atoms with Gasteiger partial charge in [-0.15, -0.1) is 0 Å². The van der Waals surface area contributed by atoms with E-state index in [0.29, 0.717) is 6.07 Å². The molecular weight excluding hydrogens is 454 g/mol. The van der Waals surface area contributed by atoms with Crippen LogP contribution in [0.3, 0.4) is 0 Å². The first-order valence-electron chi connectivity index (χ1n) is 9.60. The van der Waals surface area contributed by atoms with Crippen molar-refractivity contribution in [2.45, 2.75) is 44.6 Å². The van der Waals surface area contributed by atoms with Gasteiger partial charge < -0.3 is 16.2 Å². The molecule has 0 aliphatic rings. The number of carbonyl (C=O) groups is 2. The van der Waals surface area contributed by atoms with E-state index in [1.54, 1.807) is 0 Å². The predicted molar refractivity (Wildman–Crippen MR) is 109 cm³/mol. The lowest BCUT2D eigenvalue weighted by Crippen LogP contribution is -2.46. The summed E-state index contributed by atoms with van der Waals surface area (Å²) in [5.74, 6) is -5.44. The molecule has 0 fully saturated rings. The van der Waals surface area contributed by atoms with E-state index < -0.39 is 47.8 Å². The van der Waals surface area contributed by atoms with Gasteiger partial charge in [0.15, 0.2) is 5.92 Å². The summed E-state index contributed by atoms with van der Waals surface area (Å²) in [4.78, 5) is 24.9. The summed E-state index contributed by atoms with van der Waals surface area (Å²) in [5.41, 5.74) is 3.09. The largest absolute Gasteiger partial charge is 0.404 e. The van der Waals surface area contributed by atoms with Gasteiger partial charge in [-0.05, 0) is 49.1 Å². The molecule has 0 heterocycles. The van der Waals surface area contributed by atoms with Crippen molar-refractivity contribution in [2.24, 2.45) is 5.73 Å². The van der Waals surface area contributed by atoms with Gasteiger partial charge in [0.05, 0.1) is 23.3 Å². The normalized spacial score (nSPS) is 12.7. The Labute approximate surface area is 185 Å². The molecule has 4 N–H and O–H groups in total. The summed E-state index contributed by atoms with van der Waals surface area (Å²) in [5, 5.41) is 11.9. The lowest BCUT2D eigenvalue weighted by atomic mass is 9.88. The van der Waals surface area contributed by atoms with Crippen LogP contribution in [0.2, 0.25) is 0 Å². The molecule has 0 bridgehead atoms. The van der Waals surface area contributed by atoms with E-state index in [4.69, 9.17) is 5.73 Å². The predicted octanol–water partition coefficient (Wildman–Crippen LogP) is 4.47. The fourth-order valence-corrected chi connectivity index (χ4v) is 3.37. The molecule has 2 rings (SSSR count). The molecule has 11 heteroatoms. The van der Waals surface area contributed by atoms with Gasteiger partial charge in [-0.25, -0.2) is 0 Å². The van der Waals surface area contributed by atoms with Crippen molar-refractivity contribution in [3.8, 4) is 11.1 Å². The molecule has 0 unspecified atom stereocenters. The second kappa shape index (κ2) is 9.05. The minimum atomic E-state index is -5.56. The van der Waals surface area contributed by atoms with E-state index in [1.165, 1.54) is 39.0 Å². The Morgan fingerprint density at radius 3 is 2.03 bits per heavy atom. The molecule has 2 aromatic carbocycles. The van der Waals surface area contributed by atoms with Gasteiger partial charge in [0.25, 0.3) is 5.91 Å². The average molecular weight is 476 g/mol. The Morgan fingerprint density at radius 1 is 1.00 bits per heavy atom. The highest BCUT2D eigenvalue weighted by atomic mass is 19.4. The molecule has 5 nitrogen and oxygen atoms in total. The maximum atomic E-state index is 13.1. The Hall–Kier alpha value is -3.08. The number of hydrogen-bond acceptors (Lipinski definition) is 3. The van der Waals surface area contributed by atoms with Crippen molar-refractivity contribution in [1.29, 1.82) is 0 Å². The zero-order valence-electron chi connectivity index (χ0n) is 17.9. The van der Waals surface area contributed by atoms with E-state index in [0.717, 1.165) is 12.1 Å². The smallest absolute Gasteiger partial charge is 0.394 e. The van der Waals surface area contributed by atoms with Crippen LogP contribution in [0.5, 0.6) is 0 Å². The number of benzene rings is 2. The summed E-state index contributed by atoms with van der Waals surface area (Å²) in [6.45, 7) is 3.85. The number of amides is 2. The van der Waals surface area contributed by atoms with Gasteiger partial charge in [-0.2, -0.15) is 26.3 Å². The van der Waals surface area contributed by atoms with Crippen LogP contribution in [0.4, 0.5) is 26.3 Å². The number of aryl methyl sites for hydroxylation is 1. The van der Waals surface area contributed by atoms with Gasteiger partial charge >= 0.3 is 12.4 Å². The number of primary amides is 1. The van der Waals surface area contributed by atoms with Crippen LogP contribution in [-0.2, 0) is 0 Å². The molecule has 2 amide bonds. The molecule has 0 aromatic heterocycles. The van der Waals surface area contributed by atoms with E-state index >= 15 is 0 Å². The zero-order valence-corrected chi connectivity index (χ0v) is 17.9. The number of hydrogen-bond donors (Lipinski definition) is 3. The first kappa shape index (κ1) is 26.2. The number of alkyl halides is 6. The topological polar surface area (TPSA) is 92.4 Å². The molecule has 0 saturated heterocycles. The van der Waals surface area contributed by atoms with Crippen molar-refractivity contribution in [1.82, 2.24) is 5.32 Å². The fraction of sp³-hybridized carbons (Fsp3) is 0.364.